The van der Waals surface area contributed by atoms with Crippen molar-refractivity contribution in [2.24, 2.45) is 0 Å². The second-order valence-electron chi connectivity index (χ2n) is 6.33. The van der Waals surface area contributed by atoms with Gasteiger partial charge in [0.05, 0.1) is 25.0 Å². The number of pyridine rings is 1. The minimum absolute atomic E-state index is 0.0233. The van der Waals surface area contributed by atoms with Crippen molar-refractivity contribution in [3.63, 3.8) is 0 Å². The van der Waals surface area contributed by atoms with Crippen LogP contribution in [-0.4, -0.2) is 40.9 Å². The summed E-state index contributed by atoms with van der Waals surface area (Å²) in [6.45, 7) is 3.41. The molecule has 0 fully saturated rings. The fraction of sp³-hybridized carbons (Fsp3) is 0.300. The average molecular weight is 352 g/mol. The first-order valence-corrected chi connectivity index (χ1v) is 8.58. The highest BCUT2D eigenvalue weighted by Gasteiger charge is 2.13. The van der Waals surface area contributed by atoms with Crippen LogP contribution in [0.15, 0.2) is 48.7 Å². The number of hydrogen-bond acceptors (Lipinski definition) is 4. The van der Waals surface area contributed by atoms with Crippen molar-refractivity contribution >= 4 is 11.6 Å². The normalized spacial score (nSPS) is 11.1. The summed E-state index contributed by atoms with van der Waals surface area (Å²) < 4.78 is 7.38. The molecule has 2 heterocycles. The van der Waals surface area contributed by atoms with Crippen LogP contribution < -0.4 is 10.1 Å². The Morgan fingerprint density at radius 3 is 2.81 bits per heavy atom. The van der Waals surface area contributed by atoms with Gasteiger partial charge >= 0.3 is 0 Å². The van der Waals surface area contributed by atoms with Gasteiger partial charge in [-0.25, -0.2) is 4.98 Å². The fourth-order valence-corrected chi connectivity index (χ4v) is 3.01. The molecular formula is C20H24N4O2. The Morgan fingerprint density at radius 1 is 1.23 bits per heavy atom. The molecule has 136 valence electrons. The van der Waals surface area contributed by atoms with Gasteiger partial charge in [-0.1, -0.05) is 24.3 Å². The van der Waals surface area contributed by atoms with Gasteiger partial charge < -0.3 is 14.5 Å². The van der Waals surface area contributed by atoms with E-state index in [0.717, 1.165) is 28.3 Å². The largest absolute Gasteiger partial charge is 0.496 e. The SMILES string of the molecule is COc1ccccc1CNC(=O)CN(C)Cc1c(C)nc2ccccn12. The highest BCUT2D eigenvalue weighted by molar-refractivity contribution is 5.78. The first-order chi connectivity index (χ1) is 12.6. The molecule has 0 spiro atoms. The standard InChI is InChI=1S/C20H24N4O2/c1-15-17(24-11-7-6-10-19(24)22-15)13-23(2)14-20(25)21-12-16-8-4-5-9-18(16)26-3/h4-11H,12-14H2,1-3H3,(H,21,25). The van der Waals surface area contributed by atoms with E-state index in [0.29, 0.717) is 19.6 Å². The van der Waals surface area contributed by atoms with Crippen molar-refractivity contribution in [3.8, 4) is 5.75 Å². The van der Waals surface area contributed by atoms with Crippen LogP contribution in [0.25, 0.3) is 5.65 Å². The molecule has 3 aromatic rings. The maximum Gasteiger partial charge on any atom is 0.234 e. The number of hydrogen-bond donors (Lipinski definition) is 1. The number of para-hydroxylation sites is 1. The molecule has 3 rings (SSSR count). The van der Waals surface area contributed by atoms with E-state index in [4.69, 9.17) is 4.74 Å². The first kappa shape index (κ1) is 17.9. The summed E-state index contributed by atoms with van der Waals surface area (Å²) >= 11 is 0. The summed E-state index contributed by atoms with van der Waals surface area (Å²) in [6, 6.07) is 13.6. The third kappa shape index (κ3) is 4.03. The molecule has 0 bridgehead atoms. The second-order valence-corrected chi connectivity index (χ2v) is 6.33. The molecular weight excluding hydrogens is 328 g/mol. The maximum atomic E-state index is 12.3. The van der Waals surface area contributed by atoms with Gasteiger partial charge in [0, 0.05) is 24.8 Å². The van der Waals surface area contributed by atoms with Crippen molar-refractivity contribution in [2.45, 2.75) is 20.0 Å². The summed E-state index contributed by atoms with van der Waals surface area (Å²) in [7, 11) is 3.57. The molecule has 0 unspecified atom stereocenters. The number of nitrogens with zero attached hydrogens (tertiary/aromatic N) is 3. The Labute approximate surface area is 153 Å². The molecule has 1 N–H and O–H groups in total. The third-order valence-corrected chi connectivity index (χ3v) is 4.33. The minimum atomic E-state index is -0.0233. The van der Waals surface area contributed by atoms with E-state index in [1.807, 2.05) is 67.5 Å². The predicted molar refractivity (Wildman–Crippen MR) is 101 cm³/mol. The quantitative estimate of drug-likeness (QED) is 0.709. The monoisotopic (exact) mass is 352 g/mol. The summed E-state index contributed by atoms with van der Waals surface area (Å²) in [6.07, 6.45) is 2.00. The molecule has 0 aliphatic heterocycles. The lowest BCUT2D eigenvalue weighted by Crippen LogP contribution is -2.34. The van der Waals surface area contributed by atoms with Crippen LogP contribution in [0.4, 0.5) is 0 Å². The van der Waals surface area contributed by atoms with Crippen molar-refractivity contribution < 1.29 is 9.53 Å². The number of imidazole rings is 1. The topological polar surface area (TPSA) is 58.9 Å². The van der Waals surface area contributed by atoms with Gasteiger partial charge in [-0.15, -0.1) is 0 Å². The number of carbonyl (C=O) groups is 1. The van der Waals surface area contributed by atoms with Gasteiger partial charge in [0.15, 0.2) is 0 Å². The summed E-state index contributed by atoms with van der Waals surface area (Å²) in [5.74, 6) is 0.757. The van der Waals surface area contributed by atoms with Gasteiger partial charge in [0.1, 0.15) is 11.4 Å². The first-order valence-electron chi connectivity index (χ1n) is 8.58. The smallest absolute Gasteiger partial charge is 0.234 e. The van der Waals surface area contributed by atoms with Crippen LogP contribution in [0.1, 0.15) is 17.0 Å². The molecule has 1 aromatic carbocycles. The van der Waals surface area contributed by atoms with E-state index in [2.05, 4.69) is 14.7 Å². The zero-order chi connectivity index (χ0) is 18.5. The number of ether oxygens (including phenoxy) is 1. The van der Waals surface area contributed by atoms with Crippen molar-refractivity contribution in [3.05, 3.63) is 65.6 Å². The van der Waals surface area contributed by atoms with Crippen LogP contribution in [0.2, 0.25) is 0 Å². The molecule has 0 saturated heterocycles. The molecule has 0 aliphatic carbocycles. The van der Waals surface area contributed by atoms with E-state index in [-0.39, 0.29) is 5.91 Å². The number of rotatable bonds is 7. The molecule has 2 aromatic heterocycles. The fourth-order valence-electron chi connectivity index (χ4n) is 3.01. The van der Waals surface area contributed by atoms with E-state index < -0.39 is 0 Å². The Balaban J connectivity index is 1.58. The van der Waals surface area contributed by atoms with Crippen molar-refractivity contribution in [1.29, 1.82) is 0 Å². The predicted octanol–water partition coefficient (Wildman–Crippen LogP) is 2.40. The highest BCUT2D eigenvalue weighted by atomic mass is 16.5. The van der Waals surface area contributed by atoms with E-state index in [1.165, 1.54) is 0 Å². The van der Waals surface area contributed by atoms with Gasteiger partial charge in [-0.3, -0.25) is 9.69 Å². The number of likely N-dealkylation sites (N-methyl/N-ethyl adjacent to an activating group) is 1. The maximum absolute atomic E-state index is 12.3. The Kier molecular flexibility index (Phi) is 5.53. The van der Waals surface area contributed by atoms with Gasteiger partial charge in [0.25, 0.3) is 0 Å². The third-order valence-electron chi connectivity index (χ3n) is 4.33. The number of nitrogens with one attached hydrogen (secondary N) is 1. The molecule has 26 heavy (non-hydrogen) atoms. The van der Waals surface area contributed by atoms with Crippen LogP contribution in [0, 0.1) is 6.92 Å². The zero-order valence-electron chi connectivity index (χ0n) is 15.4. The number of fused-ring (bicyclic) bond motifs is 1. The number of carbonyl (C=O) groups excluding carboxylic acids is 1. The highest BCUT2D eigenvalue weighted by Crippen LogP contribution is 2.17. The Morgan fingerprint density at radius 2 is 2.00 bits per heavy atom. The number of benzene rings is 1. The van der Waals surface area contributed by atoms with Crippen molar-refractivity contribution in [2.75, 3.05) is 20.7 Å². The lowest BCUT2D eigenvalue weighted by molar-refractivity contribution is -0.122. The molecule has 0 radical (unpaired) electrons. The molecule has 0 saturated carbocycles. The van der Waals surface area contributed by atoms with E-state index in [1.54, 1.807) is 7.11 Å². The molecule has 6 heteroatoms. The minimum Gasteiger partial charge on any atom is -0.496 e. The van der Waals surface area contributed by atoms with Crippen LogP contribution in [0.5, 0.6) is 5.75 Å². The van der Waals surface area contributed by atoms with Gasteiger partial charge in [0.2, 0.25) is 5.91 Å². The summed E-state index contributed by atoms with van der Waals surface area (Å²) in [5.41, 5.74) is 3.97. The molecule has 0 atom stereocenters. The zero-order valence-corrected chi connectivity index (χ0v) is 15.4. The lowest BCUT2D eigenvalue weighted by Gasteiger charge is -2.17. The van der Waals surface area contributed by atoms with E-state index >= 15 is 0 Å². The van der Waals surface area contributed by atoms with Gasteiger partial charge in [-0.2, -0.15) is 0 Å². The van der Waals surface area contributed by atoms with E-state index in [9.17, 15) is 4.79 Å². The molecule has 0 aliphatic rings. The number of aryl methyl sites for hydroxylation is 1. The second kappa shape index (κ2) is 8.01. The number of aromatic nitrogens is 2. The number of methoxy groups -OCH3 is 1. The van der Waals surface area contributed by atoms with Gasteiger partial charge in [-0.05, 0) is 32.2 Å². The van der Waals surface area contributed by atoms with Crippen LogP contribution in [0.3, 0.4) is 0 Å². The average Bonchev–Trinajstić information content (AvgIpc) is 2.95. The molecule has 1 amide bonds. The number of amides is 1. The Bertz CT molecular complexity index is 904. The summed E-state index contributed by atoms with van der Waals surface area (Å²) in [4.78, 5) is 18.8. The summed E-state index contributed by atoms with van der Waals surface area (Å²) in [5, 5.41) is 2.95. The van der Waals surface area contributed by atoms with Crippen molar-refractivity contribution in [1.82, 2.24) is 19.6 Å². The van der Waals surface area contributed by atoms with Crippen LogP contribution >= 0.6 is 0 Å². The Hall–Kier alpha value is -2.86. The van der Waals surface area contributed by atoms with Crippen LogP contribution in [-0.2, 0) is 17.9 Å². The lowest BCUT2D eigenvalue weighted by atomic mass is 10.2. The molecule has 6 nitrogen and oxygen atoms in total.